The van der Waals surface area contributed by atoms with E-state index in [9.17, 15) is 14.7 Å². The van der Waals surface area contributed by atoms with Crippen LogP contribution in [0.2, 0.25) is 0 Å². The van der Waals surface area contributed by atoms with Crippen molar-refractivity contribution in [3.63, 3.8) is 0 Å². The van der Waals surface area contributed by atoms with Gasteiger partial charge in [-0.3, -0.25) is 9.59 Å². The lowest BCUT2D eigenvalue weighted by Crippen LogP contribution is -2.25. The Bertz CT molecular complexity index is 625. The molecular weight excluding hydrogens is 212 g/mol. The highest BCUT2D eigenvalue weighted by atomic mass is 16.3. The molecule has 0 unspecified atom stereocenters. The highest BCUT2D eigenvalue weighted by Crippen LogP contribution is 2.10. The van der Waals surface area contributed by atoms with Crippen molar-refractivity contribution < 1.29 is 9.90 Å². The lowest BCUT2D eigenvalue weighted by Gasteiger charge is -2.11. The van der Waals surface area contributed by atoms with Crippen LogP contribution in [0, 0.1) is 0 Å². The fourth-order valence-electron chi connectivity index (χ4n) is 1.51. The lowest BCUT2D eigenvalue weighted by molar-refractivity contribution is -0.285. The molecule has 0 saturated carbocycles. The monoisotopic (exact) mass is 221 g/mol. The zero-order chi connectivity index (χ0) is 11.9. The molecule has 2 heterocycles. The quantitative estimate of drug-likeness (QED) is 0.651. The molecule has 0 saturated heterocycles. The molecule has 0 aromatic carbocycles. The Morgan fingerprint density at radius 1 is 1.62 bits per heavy atom. The van der Waals surface area contributed by atoms with Crippen LogP contribution in [-0.4, -0.2) is 20.0 Å². The Balaban J connectivity index is 2.76. The largest absolute Gasteiger partial charge is 0.846 e. The van der Waals surface area contributed by atoms with Crippen molar-refractivity contribution in [1.29, 1.82) is 0 Å². The van der Waals surface area contributed by atoms with Gasteiger partial charge in [0.15, 0.2) is 0 Å². The summed E-state index contributed by atoms with van der Waals surface area (Å²) in [5.41, 5.74) is 5.04. The standard InChI is InChI=1S/C9H10N4O3/c1-12-8(15)7-5(11-9(12)16)2-3-13(7)4-6(10)14/h2-3H,4H2,1H3,(H2,10,14)(H,11,16)/p-1. The first-order valence-electron chi connectivity index (χ1n) is 4.52. The maximum absolute atomic E-state index is 11.8. The fraction of sp³-hybridized carbons (Fsp3) is 0.222. The fourth-order valence-corrected chi connectivity index (χ4v) is 1.51. The Morgan fingerprint density at radius 2 is 2.31 bits per heavy atom. The van der Waals surface area contributed by atoms with Gasteiger partial charge in [0, 0.05) is 13.2 Å². The third kappa shape index (κ3) is 1.42. The van der Waals surface area contributed by atoms with Crippen molar-refractivity contribution in [2.45, 2.75) is 6.54 Å². The SMILES string of the molecule is Cn1c([O-])nc2ccn(CC(N)=O)c2c1=O. The average molecular weight is 221 g/mol. The summed E-state index contributed by atoms with van der Waals surface area (Å²) in [6.45, 7) is -0.112. The minimum atomic E-state index is -0.616. The molecule has 0 aliphatic carbocycles. The summed E-state index contributed by atoms with van der Waals surface area (Å²) in [7, 11) is 1.33. The predicted molar refractivity (Wildman–Crippen MR) is 53.6 cm³/mol. The second-order valence-electron chi connectivity index (χ2n) is 3.40. The number of fused-ring (bicyclic) bond motifs is 1. The first kappa shape index (κ1) is 10.2. The van der Waals surface area contributed by atoms with E-state index in [0.29, 0.717) is 0 Å². The van der Waals surface area contributed by atoms with Crippen LogP contribution in [0.1, 0.15) is 0 Å². The summed E-state index contributed by atoms with van der Waals surface area (Å²) in [5.74, 6) is -0.564. The van der Waals surface area contributed by atoms with Gasteiger partial charge in [0.25, 0.3) is 5.56 Å². The van der Waals surface area contributed by atoms with Crippen molar-refractivity contribution in [2.24, 2.45) is 12.8 Å². The van der Waals surface area contributed by atoms with Gasteiger partial charge in [-0.05, 0) is 6.07 Å². The molecule has 0 bridgehead atoms. The number of nitrogens with two attached hydrogens (primary N) is 1. The predicted octanol–water partition coefficient (Wildman–Crippen LogP) is -1.71. The molecule has 2 aromatic rings. The molecule has 0 fully saturated rings. The molecule has 16 heavy (non-hydrogen) atoms. The molecule has 0 aliphatic heterocycles. The van der Waals surface area contributed by atoms with E-state index in [1.807, 2.05) is 0 Å². The Hall–Kier alpha value is -2.31. The molecule has 0 radical (unpaired) electrons. The van der Waals surface area contributed by atoms with Crippen molar-refractivity contribution in [1.82, 2.24) is 14.1 Å². The minimum absolute atomic E-state index is 0.112. The van der Waals surface area contributed by atoms with E-state index in [-0.39, 0.29) is 17.6 Å². The molecule has 0 aliphatic rings. The van der Waals surface area contributed by atoms with E-state index in [4.69, 9.17) is 5.73 Å². The topological polar surface area (TPSA) is 106 Å². The smallest absolute Gasteiger partial charge is 0.277 e. The normalized spacial score (nSPS) is 10.8. The average Bonchev–Trinajstić information content (AvgIpc) is 2.57. The van der Waals surface area contributed by atoms with Crippen LogP contribution in [-0.2, 0) is 18.4 Å². The van der Waals surface area contributed by atoms with Gasteiger partial charge in [-0.25, -0.2) is 4.98 Å². The van der Waals surface area contributed by atoms with Gasteiger partial charge in [-0.15, -0.1) is 0 Å². The number of hydrogen-bond acceptors (Lipinski definition) is 4. The molecular formula is C9H9N4O3-. The molecule has 2 N–H and O–H groups in total. The first-order chi connectivity index (χ1) is 7.50. The van der Waals surface area contributed by atoms with Crippen LogP contribution in [0.15, 0.2) is 17.1 Å². The molecule has 0 atom stereocenters. The maximum Gasteiger partial charge on any atom is 0.277 e. The highest BCUT2D eigenvalue weighted by Gasteiger charge is 2.09. The van der Waals surface area contributed by atoms with Gasteiger partial charge in [0.1, 0.15) is 12.1 Å². The summed E-state index contributed by atoms with van der Waals surface area (Å²) >= 11 is 0. The van der Waals surface area contributed by atoms with E-state index < -0.39 is 17.5 Å². The van der Waals surface area contributed by atoms with E-state index in [1.165, 1.54) is 23.9 Å². The Labute approximate surface area is 89.7 Å². The summed E-state index contributed by atoms with van der Waals surface area (Å²) in [4.78, 5) is 26.2. The highest BCUT2D eigenvalue weighted by molar-refractivity contribution is 5.79. The number of carbonyl (C=O) groups is 1. The van der Waals surface area contributed by atoms with Gasteiger partial charge < -0.3 is 20.0 Å². The third-order valence-electron chi connectivity index (χ3n) is 2.28. The van der Waals surface area contributed by atoms with Gasteiger partial charge in [0.05, 0.1) is 11.5 Å². The van der Waals surface area contributed by atoms with Crippen LogP contribution < -0.4 is 16.4 Å². The third-order valence-corrected chi connectivity index (χ3v) is 2.28. The van der Waals surface area contributed by atoms with Crippen LogP contribution in [0.4, 0.5) is 0 Å². The van der Waals surface area contributed by atoms with Crippen LogP contribution in [0.5, 0.6) is 6.01 Å². The molecule has 0 spiro atoms. The second kappa shape index (κ2) is 3.37. The van der Waals surface area contributed by atoms with Gasteiger partial charge >= 0.3 is 0 Å². The summed E-state index contributed by atoms with van der Waals surface area (Å²) in [5, 5.41) is 11.2. The van der Waals surface area contributed by atoms with Crippen LogP contribution in [0.3, 0.4) is 0 Å². The van der Waals surface area contributed by atoms with Crippen molar-refractivity contribution in [2.75, 3.05) is 0 Å². The number of amides is 1. The minimum Gasteiger partial charge on any atom is -0.846 e. The van der Waals surface area contributed by atoms with Gasteiger partial charge in [-0.1, -0.05) is 0 Å². The summed E-state index contributed by atoms with van der Waals surface area (Å²) < 4.78 is 2.27. The maximum atomic E-state index is 11.8. The van der Waals surface area contributed by atoms with Crippen LogP contribution >= 0.6 is 0 Å². The molecule has 2 aromatic heterocycles. The summed E-state index contributed by atoms with van der Waals surface area (Å²) in [6.07, 6.45) is 1.50. The molecule has 84 valence electrons. The second-order valence-corrected chi connectivity index (χ2v) is 3.40. The van der Waals surface area contributed by atoms with Crippen molar-refractivity contribution in [3.05, 3.63) is 22.6 Å². The van der Waals surface area contributed by atoms with Crippen molar-refractivity contribution >= 4 is 16.9 Å². The van der Waals surface area contributed by atoms with Crippen LogP contribution in [0.25, 0.3) is 11.0 Å². The molecule has 7 nitrogen and oxygen atoms in total. The first-order valence-corrected chi connectivity index (χ1v) is 4.52. The number of rotatable bonds is 2. The number of hydrogen-bond donors (Lipinski definition) is 1. The molecule has 7 heteroatoms. The van der Waals surface area contributed by atoms with E-state index in [0.717, 1.165) is 4.57 Å². The molecule has 2 rings (SSSR count). The Morgan fingerprint density at radius 3 is 2.94 bits per heavy atom. The van der Waals surface area contributed by atoms with Gasteiger partial charge in [-0.2, -0.15) is 0 Å². The lowest BCUT2D eigenvalue weighted by atomic mass is 10.4. The van der Waals surface area contributed by atoms with E-state index >= 15 is 0 Å². The Kier molecular flexibility index (Phi) is 2.15. The number of nitrogens with zero attached hydrogens (tertiary/aromatic N) is 3. The number of carbonyl (C=O) groups excluding carboxylic acids is 1. The zero-order valence-corrected chi connectivity index (χ0v) is 8.51. The summed E-state index contributed by atoms with van der Waals surface area (Å²) in [6, 6.07) is 0.885. The van der Waals surface area contributed by atoms with Crippen molar-refractivity contribution in [3.8, 4) is 6.01 Å². The van der Waals surface area contributed by atoms with Gasteiger partial charge in [0.2, 0.25) is 5.91 Å². The molecule has 1 amide bonds. The number of primary amides is 1. The van der Waals surface area contributed by atoms with E-state index in [2.05, 4.69) is 4.98 Å². The zero-order valence-electron chi connectivity index (χ0n) is 8.51. The number of aromatic nitrogens is 3. The van der Waals surface area contributed by atoms with E-state index in [1.54, 1.807) is 0 Å².